The molecule has 1 heterocycles. The highest BCUT2D eigenvalue weighted by atomic mass is 35.5. The van der Waals surface area contributed by atoms with E-state index in [1.165, 1.54) is 6.20 Å². The monoisotopic (exact) mass is 296 g/mol. The van der Waals surface area contributed by atoms with E-state index in [1.807, 2.05) is 0 Å². The van der Waals surface area contributed by atoms with Crippen molar-refractivity contribution in [1.29, 1.82) is 0 Å². The standard InChI is InChI=1S/C13H10Cl2N2O2/c14-10-2-1-8(5-11(10)15)9-3-7(4-12(18)19)6-17-13(9)16/h1-3,5-6H,4H2,(H2,16,17)(H,18,19). The Morgan fingerprint density at radius 3 is 2.63 bits per heavy atom. The zero-order chi connectivity index (χ0) is 14.0. The number of aromatic nitrogens is 1. The van der Waals surface area contributed by atoms with Crippen molar-refractivity contribution in [3.05, 3.63) is 46.1 Å². The Bertz CT molecular complexity index is 645. The number of aliphatic carboxylic acids is 1. The van der Waals surface area contributed by atoms with Gasteiger partial charge in [-0.15, -0.1) is 0 Å². The van der Waals surface area contributed by atoms with Crippen molar-refractivity contribution < 1.29 is 9.90 Å². The van der Waals surface area contributed by atoms with Gasteiger partial charge in [0.1, 0.15) is 5.82 Å². The van der Waals surface area contributed by atoms with Crippen molar-refractivity contribution in [2.24, 2.45) is 0 Å². The molecule has 4 nitrogen and oxygen atoms in total. The van der Waals surface area contributed by atoms with Crippen molar-refractivity contribution in [2.45, 2.75) is 6.42 Å². The minimum absolute atomic E-state index is 0.110. The number of hydrogen-bond acceptors (Lipinski definition) is 3. The van der Waals surface area contributed by atoms with Crippen LogP contribution in [0.15, 0.2) is 30.5 Å². The molecule has 98 valence electrons. The summed E-state index contributed by atoms with van der Waals surface area (Å²) in [7, 11) is 0. The van der Waals surface area contributed by atoms with Gasteiger partial charge < -0.3 is 10.8 Å². The highest BCUT2D eigenvalue weighted by molar-refractivity contribution is 6.42. The minimum Gasteiger partial charge on any atom is -0.481 e. The summed E-state index contributed by atoms with van der Waals surface area (Å²) in [4.78, 5) is 14.7. The van der Waals surface area contributed by atoms with E-state index < -0.39 is 5.97 Å². The summed E-state index contributed by atoms with van der Waals surface area (Å²) in [5, 5.41) is 9.63. The highest BCUT2D eigenvalue weighted by Gasteiger charge is 2.09. The molecule has 0 aliphatic carbocycles. The summed E-state index contributed by atoms with van der Waals surface area (Å²) in [5.41, 5.74) is 7.76. The molecule has 0 amide bonds. The van der Waals surface area contributed by atoms with Crippen LogP contribution in [0.1, 0.15) is 5.56 Å². The number of carboxylic acid groups (broad SMARTS) is 1. The van der Waals surface area contributed by atoms with Gasteiger partial charge in [0, 0.05) is 11.8 Å². The van der Waals surface area contributed by atoms with Gasteiger partial charge >= 0.3 is 5.97 Å². The predicted molar refractivity (Wildman–Crippen MR) is 75.4 cm³/mol. The molecular weight excluding hydrogens is 287 g/mol. The van der Waals surface area contributed by atoms with Crippen molar-refractivity contribution >= 4 is 35.0 Å². The number of anilines is 1. The lowest BCUT2D eigenvalue weighted by molar-refractivity contribution is -0.136. The summed E-state index contributed by atoms with van der Waals surface area (Å²) in [6.07, 6.45) is 1.34. The van der Waals surface area contributed by atoms with Crippen LogP contribution in [0.3, 0.4) is 0 Å². The van der Waals surface area contributed by atoms with Crippen LogP contribution in [-0.2, 0) is 11.2 Å². The molecule has 0 radical (unpaired) electrons. The summed E-state index contributed by atoms with van der Waals surface area (Å²) in [6, 6.07) is 6.77. The van der Waals surface area contributed by atoms with Gasteiger partial charge in [0.05, 0.1) is 16.5 Å². The number of carbonyl (C=O) groups is 1. The summed E-state index contributed by atoms with van der Waals surface area (Å²) < 4.78 is 0. The van der Waals surface area contributed by atoms with E-state index in [0.717, 1.165) is 5.56 Å². The van der Waals surface area contributed by atoms with Gasteiger partial charge in [-0.1, -0.05) is 29.3 Å². The number of nitrogens with two attached hydrogens (primary N) is 1. The normalized spacial score (nSPS) is 10.4. The lowest BCUT2D eigenvalue weighted by Gasteiger charge is -2.08. The number of nitrogens with zero attached hydrogens (tertiary/aromatic N) is 1. The summed E-state index contributed by atoms with van der Waals surface area (Å²) >= 11 is 11.8. The van der Waals surface area contributed by atoms with Crippen LogP contribution in [0.2, 0.25) is 10.0 Å². The van der Waals surface area contributed by atoms with E-state index in [9.17, 15) is 4.79 Å². The molecule has 6 heteroatoms. The first kappa shape index (κ1) is 13.6. The van der Waals surface area contributed by atoms with Crippen LogP contribution >= 0.6 is 23.2 Å². The maximum Gasteiger partial charge on any atom is 0.307 e. The Balaban J connectivity index is 2.48. The van der Waals surface area contributed by atoms with Crippen molar-refractivity contribution in [3.63, 3.8) is 0 Å². The van der Waals surface area contributed by atoms with Crippen molar-refractivity contribution in [3.8, 4) is 11.1 Å². The molecule has 2 rings (SSSR count). The van der Waals surface area contributed by atoms with Crippen molar-refractivity contribution in [2.75, 3.05) is 5.73 Å². The Morgan fingerprint density at radius 1 is 1.26 bits per heavy atom. The lowest BCUT2D eigenvalue weighted by Crippen LogP contribution is -2.02. The maximum atomic E-state index is 10.7. The zero-order valence-electron chi connectivity index (χ0n) is 9.73. The molecule has 19 heavy (non-hydrogen) atoms. The highest BCUT2D eigenvalue weighted by Crippen LogP contribution is 2.31. The minimum atomic E-state index is -0.924. The molecule has 1 aromatic carbocycles. The number of benzene rings is 1. The second kappa shape index (κ2) is 5.47. The van der Waals surface area contributed by atoms with Gasteiger partial charge in [-0.3, -0.25) is 4.79 Å². The first-order valence-electron chi connectivity index (χ1n) is 5.39. The van der Waals surface area contributed by atoms with Crippen LogP contribution in [0.25, 0.3) is 11.1 Å². The number of carboxylic acids is 1. The average Bonchev–Trinajstić information content (AvgIpc) is 2.34. The van der Waals surface area contributed by atoms with Gasteiger partial charge in [-0.25, -0.2) is 4.98 Å². The third kappa shape index (κ3) is 3.16. The first-order valence-corrected chi connectivity index (χ1v) is 6.14. The van der Waals surface area contributed by atoms with E-state index >= 15 is 0 Å². The molecule has 0 aliphatic heterocycles. The topological polar surface area (TPSA) is 76.2 Å². The smallest absolute Gasteiger partial charge is 0.307 e. The number of pyridine rings is 1. The molecule has 0 saturated heterocycles. The Morgan fingerprint density at radius 2 is 2.00 bits per heavy atom. The van der Waals surface area contributed by atoms with Gasteiger partial charge in [-0.05, 0) is 29.3 Å². The molecule has 0 bridgehead atoms. The van der Waals surface area contributed by atoms with Crippen molar-refractivity contribution in [1.82, 2.24) is 4.98 Å². The third-order valence-electron chi connectivity index (χ3n) is 2.56. The molecule has 2 aromatic rings. The average molecular weight is 297 g/mol. The summed E-state index contributed by atoms with van der Waals surface area (Å²) in [6.45, 7) is 0. The van der Waals surface area contributed by atoms with Gasteiger partial charge in [-0.2, -0.15) is 0 Å². The zero-order valence-corrected chi connectivity index (χ0v) is 11.2. The largest absolute Gasteiger partial charge is 0.481 e. The fourth-order valence-corrected chi connectivity index (χ4v) is 1.98. The number of rotatable bonds is 3. The second-order valence-electron chi connectivity index (χ2n) is 3.98. The number of hydrogen-bond donors (Lipinski definition) is 2. The van der Waals surface area contributed by atoms with Crippen LogP contribution in [0.5, 0.6) is 0 Å². The molecular formula is C13H10Cl2N2O2. The molecule has 0 saturated carbocycles. The Kier molecular flexibility index (Phi) is 3.93. The van der Waals surface area contributed by atoms with Crippen LogP contribution in [-0.4, -0.2) is 16.1 Å². The SMILES string of the molecule is Nc1ncc(CC(=O)O)cc1-c1ccc(Cl)c(Cl)c1. The molecule has 0 spiro atoms. The molecule has 0 unspecified atom stereocenters. The fraction of sp³-hybridized carbons (Fsp3) is 0.0769. The third-order valence-corrected chi connectivity index (χ3v) is 3.30. The van der Waals surface area contributed by atoms with Crippen LogP contribution in [0, 0.1) is 0 Å². The number of nitrogen functional groups attached to an aromatic ring is 1. The van der Waals surface area contributed by atoms with Gasteiger partial charge in [0.2, 0.25) is 0 Å². The summed E-state index contributed by atoms with van der Waals surface area (Å²) in [5.74, 6) is -0.612. The molecule has 1 aromatic heterocycles. The second-order valence-corrected chi connectivity index (χ2v) is 4.79. The van der Waals surface area contributed by atoms with Gasteiger partial charge in [0.15, 0.2) is 0 Å². The molecule has 0 fully saturated rings. The van der Waals surface area contributed by atoms with E-state index in [0.29, 0.717) is 27.0 Å². The Labute approximate surface area is 119 Å². The molecule has 0 atom stereocenters. The van der Waals surface area contributed by atoms with E-state index in [1.54, 1.807) is 24.3 Å². The Hall–Kier alpha value is -1.78. The maximum absolute atomic E-state index is 10.7. The van der Waals surface area contributed by atoms with Gasteiger partial charge in [0.25, 0.3) is 0 Å². The predicted octanol–water partition coefficient (Wildman–Crippen LogP) is 3.26. The molecule has 0 aliphatic rings. The van der Waals surface area contributed by atoms with Crippen LogP contribution < -0.4 is 5.73 Å². The first-order chi connectivity index (χ1) is 8.97. The quantitative estimate of drug-likeness (QED) is 0.911. The van der Waals surface area contributed by atoms with Crippen LogP contribution in [0.4, 0.5) is 5.82 Å². The van der Waals surface area contributed by atoms with E-state index in [-0.39, 0.29) is 6.42 Å². The van der Waals surface area contributed by atoms with E-state index in [2.05, 4.69) is 4.98 Å². The fourth-order valence-electron chi connectivity index (χ4n) is 1.68. The molecule has 3 N–H and O–H groups in total. The lowest BCUT2D eigenvalue weighted by atomic mass is 10.0. The number of halogens is 2. The van der Waals surface area contributed by atoms with E-state index in [4.69, 9.17) is 34.0 Å².